The molecule has 2 aromatic carbocycles. The average Bonchev–Trinajstić information content (AvgIpc) is 2.61. The minimum atomic E-state index is -0.624. The topological polar surface area (TPSA) is 81.9 Å². The normalized spacial score (nSPS) is 10.2. The van der Waals surface area contributed by atoms with Crippen molar-refractivity contribution in [3.63, 3.8) is 0 Å². The van der Waals surface area contributed by atoms with Crippen molar-refractivity contribution in [3.8, 4) is 11.5 Å². The van der Waals surface area contributed by atoms with E-state index in [4.69, 9.17) is 21.1 Å². The number of methoxy groups -OCH3 is 2. The molecule has 2 rings (SSSR count). The van der Waals surface area contributed by atoms with Gasteiger partial charge in [0.1, 0.15) is 17.1 Å². The molecule has 1 amide bonds. The van der Waals surface area contributed by atoms with E-state index in [1.54, 1.807) is 32.4 Å². The number of amides is 1. The Morgan fingerprint density at radius 1 is 1.20 bits per heavy atom. The number of rotatable bonds is 6. The van der Waals surface area contributed by atoms with Crippen molar-refractivity contribution in [3.05, 3.63) is 62.7 Å². The maximum atomic E-state index is 12.6. The van der Waals surface area contributed by atoms with Crippen LogP contribution in [-0.4, -0.2) is 37.0 Å². The third kappa shape index (κ3) is 4.19. The monoisotopic (exact) mass is 364 g/mol. The average molecular weight is 365 g/mol. The third-order valence-corrected chi connectivity index (χ3v) is 3.87. The maximum absolute atomic E-state index is 12.6. The van der Waals surface area contributed by atoms with Crippen molar-refractivity contribution in [2.45, 2.75) is 6.54 Å². The van der Waals surface area contributed by atoms with E-state index in [2.05, 4.69) is 0 Å². The van der Waals surface area contributed by atoms with Crippen LogP contribution < -0.4 is 9.47 Å². The summed E-state index contributed by atoms with van der Waals surface area (Å²) in [6.07, 6.45) is 0. The molecule has 0 fully saturated rings. The van der Waals surface area contributed by atoms with Crippen molar-refractivity contribution < 1.29 is 19.2 Å². The van der Waals surface area contributed by atoms with Crippen LogP contribution in [0.1, 0.15) is 15.9 Å². The highest BCUT2D eigenvalue weighted by molar-refractivity contribution is 6.31. The summed E-state index contributed by atoms with van der Waals surface area (Å²) in [5, 5.41) is 11.4. The van der Waals surface area contributed by atoms with Crippen LogP contribution in [0.3, 0.4) is 0 Å². The Bertz CT molecular complexity index is 810. The van der Waals surface area contributed by atoms with Gasteiger partial charge in [-0.2, -0.15) is 0 Å². The first-order valence-electron chi connectivity index (χ1n) is 7.27. The van der Waals surface area contributed by atoms with Crippen LogP contribution in [0, 0.1) is 10.1 Å². The Balaban J connectivity index is 2.29. The molecule has 0 saturated carbocycles. The fourth-order valence-electron chi connectivity index (χ4n) is 2.35. The second-order valence-corrected chi connectivity index (χ2v) is 5.69. The van der Waals surface area contributed by atoms with Crippen LogP contribution >= 0.6 is 11.6 Å². The molecule has 0 heterocycles. The summed E-state index contributed by atoms with van der Waals surface area (Å²) in [5.74, 6) is 0.703. The second-order valence-electron chi connectivity index (χ2n) is 5.26. The van der Waals surface area contributed by atoms with Crippen molar-refractivity contribution in [1.82, 2.24) is 4.90 Å². The molecular formula is C17H17ClN2O5. The molecule has 8 heteroatoms. The van der Waals surface area contributed by atoms with E-state index in [1.165, 1.54) is 24.1 Å². The van der Waals surface area contributed by atoms with E-state index in [-0.39, 0.29) is 22.8 Å². The van der Waals surface area contributed by atoms with E-state index in [0.717, 1.165) is 11.6 Å². The number of carbonyl (C=O) groups is 1. The molecule has 2 aromatic rings. The van der Waals surface area contributed by atoms with E-state index < -0.39 is 10.8 Å². The smallest absolute Gasteiger partial charge is 0.283 e. The lowest BCUT2D eigenvalue weighted by Gasteiger charge is -2.19. The highest BCUT2D eigenvalue weighted by Crippen LogP contribution is 2.28. The first kappa shape index (κ1) is 18.5. The standard InChI is InChI=1S/C17H17ClN2O5/c1-19(10-11-4-6-13(24-2)9-16(11)25-3)17(21)14-7-5-12(18)8-15(14)20(22)23/h4-9H,10H2,1-3H3. The molecule has 0 unspecified atom stereocenters. The Hall–Kier alpha value is -2.80. The Morgan fingerprint density at radius 3 is 2.52 bits per heavy atom. The molecule has 0 saturated heterocycles. The van der Waals surface area contributed by atoms with Crippen molar-refractivity contribution in [1.29, 1.82) is 0 Å². The van der Waals surface area contributed by atoms with Gasteiger partial charge in [-0.25, -0.2) is 0 Å². The molecule has 0 spiro atoms. The lowest BCUT2D eigenvalue weighted by Crippen LogP contribution is -2.27. The van der Waals surface area contributed by atoms with Gasteiger partial charge in [-0.3, -0.25) is 14.9 Å². The van der Waals surface area contributed by atoms with E-state index >= 15 is 0 Å². The molecule has 0 aliphatic carbocycles. The van der Waals surface area contributed by atoms with Gasteiger partial charge in [0.15, 0.2) is 0 Å². The van der Waals surface area contributed by atoms with Gasteiger partial charge in [-0.15, -0.1) is 0 Å². The number of hydrogen-bond acceptors (Lipinski definition) is 5. The number of nitrogens with zero attached hydrogens (tertiary/aromatic N) is 2. The lowest BCUT2D eigenvalue weighted by molar-refractivity contribution is -0.385. The quantitative estimate of drug-likeness (QED) is 0.578. The predicted octanol–water partition coefficient (Wildman–Crippen LogP) is 3.54. The third-order valence-electron chi connectivity index (χ3n) is 3.64. The van der Waals surface area contributed by atoms with Gasteiger partial charge < -0.3 is 14.4 Å². The van der Waals surface area contributed by atoms with Gasteiger partial charge >= 0.3 is 0 Å². The largest absolute Gasteiger partial charge is 0.497 e. The van der Waals surface area contributed by atoms with E-state index in [0.29, 0.717) is 11.5 Å². The number of ether oxygens (including phenoxy) is 2. The number of benzene rings is 2. The number of carbonyl (C=O) groups excluding carboxylic acids is 1. The van der Waals surface area contributed by atoms with Gasteiger partial charge in [0.25, 0.3) is 11.6 Å². The summed E-state index contributed by atoms with van der Waals surface area (Å²) >= 11 is 5.79. The Kier molecular flexibility index (Phi) is 5.82. The molecule has 0 bridgehead atoms. The zero-order chi connectivity index (χ0) is 18.6. The minimum Gasteiger partial charge on any atom is -0.497 e. The summed E-state index contributed by atoms with van der Waals surface area (Å²) < 4.78 is 10.4. The zero-order valence-electron chi connectivity index (χ0n) is 14.0. The van der Waals surface area contributed by atoms with Crippen LogP contribution in [-0.2, 0) is 6.54 Å². The summed E-state index contributed by atoms with van der Waals surface area (Å²) in [4.78, 5) is 24.5. The molecule has 0 radical (unpaired) electrons. The fourth-order valence-corrected chi connectivity index (χ4v) is 2.52. The van der Waals surface area contributed by atoms with E-state index in [1.807, 2.05) is 0 Å². The molecule has 0 atom stereocenters. The number of hydrogen-bond donors (Lipinski definition) is 0. The minimum absolute atomic E-state index is 0.0237. The predicted molar refractivity (Wildman–Crippen MR) is 93.4 cm³/mol. The summed E-state index contributed by atoms with van der Waals surface area (Å²) in [6.45, 7) is 0.214. The van der Waals surface area contributed by atoms with Crippen LogP contribution in [0.4, 0.5) is 5.69 Å². The number of nitro benzene ring substituents is 1. The molecular weight excluding hydrogens is 348 g/mol. The second kappa shape index (κ2) is 7.85. The summed E-state index contributed by atoms with van der Waals surface area (Å²) in [5.41, 5.74) is 0.395. The fraction of sp³-hybridized carbons (Fsp3) is 0.235. The maximum Gasteiger partial charge on any atom is 0.283 e. The first-order valence-corrected chi connectivity index (χ1v) is 7.65. The lowest BCUT2D eigenvalue weighted by atomic mass is 10.1. The van der Waals surface area contributed by atoms with Gasteiger partial charge in [-0.05, 0) is 24.3 Å². The zero-order valence-corrected chi connectivity index (χ0v) is 14.7. The highest BCUT2D eigenvalue weighted by Gasteiger charge is 2.24. The van der Waals surface area contributed by atoms with Crippen molar-refractivity contribution in [2.24, 2.45) is 0 Å². The Labute approximate surface area is 149 Å². The molecule has 0 N–H and O–H groups in total. The molecule has 7 nitrogen and oxygen atoms in total. The number of halogens is 1. The summed E-state index contributed by atoms with van der Waals surface area (Å²) in [6, 6.07) is 9.20. The van der Waals surface area contributed by atoms with E-state index in [9.17, 15) is 14.9 Å². The van der Waals surface area contributed by atoms with Gasteiger partial charge in [0, 0.05) is 36.3 Å². The van der Waals surface area contributed by atoms with Crippen LogP contribution in [0.25, 0.3) is 0 Å². The summed E-state index contributed by atoms with van der Waals surface area (Å²) in [7, 11) is 4.62. The highest BCUT2D eigenvalue weighted by atomic mass is 35.5. The van der Waals surface area contributed by atoms with Crippen LogP contribution in [0.5, 0.6) is 11.5 Å². The van der Waals surface area contributed by atoms with Crippen LogP contribution in [0.2, 0.25) is 5.02 Å². The van der Waals surface area contributed by atoms with Gasteiger partial charge in [0.05, 0.1) is 19.1 Å². The van der Waals surface area contributed by atoms with Gasteiger partial charge in [0.2, 0.25) is 0 Å². The van der Waals surface area contributed by atoms with Gasteiger partial charge in [-0.1, -0.05) is 11.6 Å². The molecule has 132 valence electrons. The molecule has 0 aliphatic heterocycles. The SMILES string of the molecule is COc1ccc(CN(C)C(=O)c2ccc(Cl)cc2[N+](=O)[O-])c(OC)c1. The van der Waals surface area contributed by atoms with Crippen LogP contribution in [0.15, 0.2) is 36.4 Å². The Morgan fingerprint density at radius 2 is 1.92 bits per heavy atom. The van der Waals surface area contributed by atoms with Crippen molar-refractivity contribution in [2.75, 3.05) is 21.3 Å². The first-order chi connectivity index (χ1) is 11.9. The van der Waals surface area contributed by atoms with Crippen molar-refractivity contribution >= 4 is 23.2 Å². The molecule has 25 heavy (non-hydrogen) atoms. The molecule has 0 aromatic heterocycles. The molecule has 0 aliphatic rings. The number of nitro groups is 1.